The summed E-state index contributed by atoms with van der Waals surface area (Å²) < 4.78 is 12.3. The molecular weight excluding hydrogens is 364 g/mol. The van der Waals surface area contributed by atoms with Crippen LogP contribution in [0.1, 0.15) is 43.0 Å². The fraction of sp³-hybridized carbons (Fsp3) is 0.500. The van der Waals surface area contributed by atoms with Gasteiger partial charge < -0.3 is 14.3 Å². The lowest BCUT2D eigenvalue weighted by Crippen LogP contribution is -2.41. The Morgan fingerprint density at radius 2 is 1.61 bits per heavy atom. The fourth-order valence-corrected chi connectivity index (χ4v) is 4.07. The largest absolute Gasteiger partial charge is 0.491 e. The first-order valence-electron chi connectivity index (χ1n) is 10.1. The molecule has 0 unspecified atom stereocenters. The predicted octanol–water partition coefficient (Wildman–Crippen LogP) is 6.17. The molecule has 0 heterocycles. The van der Waals surface area contributed by atoms with E-state index in [0.29, 0.717) is 13.2 Å². The molecule has 4 heteroatoms. The van der Waals surface area contributed by atoms with E-state index in [0.717, 1.165) is 22.4 Å². The molecule has 0 radical (unpaired) electrons. The molecule has 1 N–H and O–H groups in total. The molecule has 0 spiro atoms. The van der Waals surface area contributed by atoms with E-state index >= 15 is 0 Å². The van der Waals surface area contributed by atoms with Gasteiger partial charge in [0.15, 0.2) is 8.32 Å². The van der Waals surface area contributed by atoms with Gasteiger partial charge in [0.1, 0.15) is 12.4 Å². The minimum Gasteiger partial charge on any atom is -0.491 e. The Balaban J connectivity index is 2.13. The van der Waals surface area contributed by atoms with E-state index < -0.39 is 8.32 Å². The monoisotopic (exact) mass is 400 g/mol. The predicted molar refractivity (Wildman–Crippen MR) is 121 cm³/mol. The summed E-state index contributed by atoms with van der Waals surface area (Å²) in [4.78, 5) is 0. The second kappa shape index (κ2) is 8.81. The normalized spacial score (nSPS) is 12.3. The third-order valence-electron chi connectivity index (χ3n) is 6.04. The zero-order valence-electron chi connectivity index (χ0n) is 18.8. The number of aryl methyl sites for hydroxylation is 2. The standard InChI is InChI=1S/C24H36O3Si/c1-17-15-23(26-12-13-27-28(7,8)24(4,5)6)18(2)14-22(17)21-11-9-10-20(16-25)19(21)3/h9-11,14-15,25H,12-13,16H2,1-8H3. The Labute approximate surface area is 171 Å². The van der Waals surface area contributed by atoms with E-state index in [2.05, 4.69) is 72.8 Å². The van der Waals surface area contributed by atoms with E-state index in [1.54, 1.807) is 0 Å². The highest BCUT2D eigenvalue weighted by molar-refractivity contribution is 6.74. The molecule has 3 nitrogen and oxygen atoms in total. The summed E-state index contributed by atoms with van der Waals surface area (Å²) in [6, 6.07) is 10.4. The average molecular weight is 401 g/mol. The summed E-state index contributed by atoms with van der Waals surface area (Å²) in [5.74, 6) is 0.913. The van der Waals surface area contributed by atoms with Gasteiger partial charge in [-0.25, -0.2) is 0 Å². The third kappa shape index (κ3) is 5.05. The number of aliphatic hydroxyl groups is 1. The second-order valence-corrected chi connectivity index (χ2v) is 13.9. The van der Waals surface area contributed by atoms with Gasteiger partial charge in [0.25, 0.3) is 0 Å². The van der Waals surface area contributed by atoms with Crippen LogP contribution in [0.3, 0.4) is 0 Å². The molecule has 28 heavy (non-hydrogen) atoms. The van der Waals surface area contributed by atoms with Crippen LogP contribution in [0.2, 0.25) is 18.1 Å². The zero-order valence-corrected chi connectivity index (χ0v) is 19.8. The van der Waals surface area contributed by atoms with Gasteiger partial charge in [0, 0.05) is 0 Å². The van der Waals surface area contributed by atoms with Crippen LogP contribution in [0.4, 0.5) is 0 Å². The SMILES string of the molecule is Cc1cc(-c2cccc(CO)c2C)c(C)cc1OCCO[Si](C)(C)C(C)(C)C. The van der Waals surface area contributed by atoms with Gasteiger partial charge in [-0.1, -0.05) is 39.0 Å². The summed E-state index contributed by atoms with van der Waals surface area (Å²) in [5.41, 5.74) is 6.74. The van der Waals surface area contributed by atoms with Gasteiger partial charge in [-0.15, -0.1) is 0 Å². The molecule has 0 atom stereocenters. The zero-order chi connectivity index (χ0) is 21.1. The molecule has 0 saturated carbocycles. The first-order valence-corrected chi connectivity index (χ1v) is 13.0. The second-order valence-electron chi connectivity index (χ2n) is 9.14. The molecule has 0 aliphatic heterocycles. The molecule has 0 aliphatic carbocycles. The lowest BCUT2D eigenvalue weighted by atomic mass is 9.92. The van der Waals surface area contributed by atoms with Gasteiger partial charge >= 0.3 is 0 Å². The highest BCUT2D eigenvalue weighted by atomic mass is 28.4. The van der Waals surface area contributed by atoms with Crippen LogP contribution in [-0.2, 0) is 11.0 Å². The maximum atomic E-state index is 9.56. The topological polar surface area (TPSA) is 38.7 Å². The van der Waals surface area contributed by atoms with Crippen LogP contribution in [0.15, 0.2) is 30.3 Å². The van der Waals surface area contributed by atoms with Crippen molar-refractivity contribution in [2.24, 2.45) is 0 Å². The number of ether oxygens (including phenoxy) is 1. The van der Waals surface area contributed by atoms with E-state index in [4.69, 9.17) is 9.16 Å². The molecule has 0 amide bonds. The molecule has 0 saturated heterocycles. The number of benzene rings is 2. The van der Waals surface area contributed by atoms with Crippen LogP contribution >= 0.6 is 0 Å². The van der Waals surface area contributed by atoms with Crippen molar-refractivity contribution in [3.63, 3.8) is 0 Å². The van der Waals surface area contributed by atoms with Crippen molar-refractivity contribution in [3.8, 4) is 16.9 Å². The molecular formula is C24H36O3Si. The highest BCUT2D eigenvalue weighted by Crippen LogP contribution is 2.36. The number of hydrogen-bond acceptors (Lipinski definition) is 3. The first-order chi connectivity index (χ1) is 13.0. The molecule has 0 aromatic heterocycles. The minimum atomic E-state index is -1.74. The average Bonchev–Trinajstić information content (AvgIpc) is 2.60. The maximum Gasteiger partial charge on any atom is 0.192 e. The van der Waals surface area contributed by atoms with E-state index in [-0.39, 0.29) is 11.6 Å². The quantitative estimate of drug-likeness (QED) is 0.446. The summed E-state index contributed by atoms with van der Waals surface area (Å²) >= 11 is 0. The Kier molecular flexibility index (Phi) is 7.13. The van der Waals surface area contributed by atoms with Crippen LogP contribution < -0.4 is 4.74 Å². The minimum absolute atomic E-state index is 0.0626. The van der Waals surface area contributed by atoms with Crippen molar-refractivity contribution in [2.45, 2.75) is 66.3 Å². The van der Waals surface area contributed by atoms with Crippen LogP contribution in [0, 0.1) is 20.8 Å². The molecule has 0 aliphatic rings. The van der Waals surface area contributed by atoms with Crippen molar-refractivity contribution < 1.29 is 14.3 Å². The molecule has 154 valence electrons. The van der Waals surface area contributed by atoms with Gasteiger partial charge in [0.2, 0.25) is 0 Å². The van der Waals surface area contributed by atoms with Gasteiger partial charge in [-0.3, -0.25) is 0 Å². The Morgan fingerprint density at radius 1 is 0.929 bits per heavy atom. The molecule has 2 aromatic rings. The Bertz CT molecular complexity index is 819. The Morgan fingerprint density at radius 3 is 2.21 bits per heavy atom. The van der Waals surface area contributed by atoms with Crippen molar-refractivity contribution in [2.75, 3.05) is 13.2 Å². The molecule has 0 fully saturated rings. The van der Waals surface area contributed by atoms with Crippen LogP contribution in [-0.4, -0.2) is 26.6 Å². The van der Waals surface area contributed by atoms with Crippen molar-refractivity contribution >= 4 is 8.32 Å². The van der Waals surface area contributed by atoms with E-state index in [1.807, 2.05) is 12.1 Å². The van der Waals surface area contributed by atoms with Crippen molar-refractivity contribution in [3.05, 3.63) is 52.6 Å². The number of hydrogen-bond donors (Lipinski definition) is 1. The summed E-state index contributed by atoms with van der Waals surface area (Å²) in [6.45, 7) is 18.8. The summed E-state index contributed by atoms with van der Waals surface area (Å²) in [5, 5.41) is 9.77. The lowest BCUT2D eigenvalue weighted by Gasteiger charge is -2.36. The van der Waals surface area contributed by atoms with E-state index in [1.165, 1.54) is 16.7 Å². The van der Waals surface area contributed by atoms with Gasteiger partial charge in [-0.05, 0) is 84.4 Å². The van der Waals surface area contributed by atoms with E-state index in [9.17, 15) is 5.11 Å². The number of rotatable bonds is 7. The summed E-state index contributed by atoms with van der Waals surface area (Å²) in [7, 11) is -1.74. The fourth-order valence-electron chi connectivity index (χ4n) is 3.05. The molecule has 2 aromatic carbocycles. The van der Waals surface area contributed by atoms with Crippen molar-refractivity contribution in [1.82, 2.24) is 0 Å². The smallest absolute Gasteiger partial charge is 0.192 e. The number of aliphatic hydroxyl groups excluding tert-OH is 1. The third-order valence-corrected chi connectivity index (χ3v) is 10.6. The van der Waals surface area contributed by atoms with Gasteiger partial charge in [-0.2, -0.15) is 0 Å². The van der Waals surface area contributed by atoms with Crippen molar-refractivity contribution in [1.29, 1.82) is 0 Å². The highest BCUT2D eigenvalue weighted by Gasteiger charge is 2.36. The Hall–Kier alpha value is -1.62. The van der Waals surface area contributed by atoms with Crippen LogP contribution in [0.5, 0.6) is 5.75 Å². The van der Waals surface area contributed by atoms with Crippen LogP contribution in [0.25, 0.3) is 11.1 Å². The maximum absolute atomic E-state index is 9.56. The first kappa shape index (κ1) is 22.7. The lowest BCUT2D eigenvalue weighted by molar-refractivity contribution is 0.203. The molecule has 2 rings (SSSR count). The van der Waals surface area contributed by atoms with Gasteiger partial charge in [0.05, 0.1) is 13.2 Å². The summed E-state index contributed by atoms with van der Waals surface area (Å²) in [6.07, 6.45) is 0. The molecule has 0 bridgehead atoms.